The van der Waals surface area contributed by atoms with Gasteiger partial charge in [-0.1, -0.05) is 82.9 Å². The van der Waals surface area contributed by atoms with E-state index in [2.05, 4.69) is 6.92 Å². The molecule has 0 aliphatic heterocycles. The molecule has 0 aliphatic rings. The number of unbranched alkanes of at least 4 members (excludes halogenated alkanes) is 9. The summed E-state index contributed by atoms with van der Waals surface area (Å²) in [5.74, 6) is 0.524. The number of benzene rings is 1. The molecular formula is C19H31NaO3. The molecule has 0 bridgehead atoms. The van der Waals surface area contributed by atoms with Crippen LogP contribution in [-0.4, -0.2) is 42.3 Å². The number of hydrogen-bond donors (Lipinski definition) is 0. The van der Waals surface area contributed by atoms with Crippen LogP contribution >= 0.6 is 0 Å². The van der Waals surface area contributed by atoms with Gasteiger partial charge in [0.15, 0.2) is 0 Å². The molecule has 0 spiro atoms. The topological polar surface area (TPSA) is 35.5 Å². The molecule has 1 aromatic carbocycles. The predicted molar refractivity (Wildman–Crippen MR) is 97.4 cm³/mol. The fourth-order valence-electron chi connectivity index (χ4n) is 2.36. The van der Waals surface area contributed by atoms with Gasteiger partial charge in [-0.15, -0.1) is 0 Å². The number of para-hydroxylation sites is 1. The Balaban J connectivity index is 0.00000484. The summed E-state index contributed by atoms with van der Waals surface area (Å²) in [7, 11) is 0. The fourth-order valence-corrected chi connectivity index (χ4v) is 2.36. The van der Waals surface area contributed by atoms with Gasteiger partial charge in [0.25, 0.3) is 0 Å². The van der Waals surface area contributed by atoms with Gasteiger partial charge >= 0.3 is 35.7 Å². The van der Waals surface area contributed by atoms with E-state index in [9.17, 15) is 4.79 Å². The first-order chi connectivity index (χ1) is 10.8. The molecule has 3 nitrogen and oxygen atoms in total. The van der Waals surface area contributed by atoms with E-state index in [1.807, 2.05) is 18.2 Å². The van der Waals surface area contributed by atoms with E-state index in [4.69, 9.17) is 9.47 Å². The Morgan fingerprint density at radius 2 is 1.35 bits per heavy atom. The van der Waals surface area contributed by atoms with Crippen LogP contribution < -0.4 is 4.74 Å². The summed E-state index contributed by atoms with van der Waals surface area (Å²) in [4.78, 5) is 11.4. The summed E-state index contributed by atoms with van der Waals surface area (Å²) in [5.41, 5.74) is 0. The maximum atomic E-state index is 11.4. The average Bonchev–Trinajstić information content (AvgIpc) is 2.53. The third-order valence-electron chi connectivity index (χ3n) is 3.66. The van der Waals surface area contributed by atoms with Crippen molar-refractivity contribution >= 4 is 35.7 Å². The zero-order valence-electron chi connectivity index (χ0n) is 13.9. The Labute approximate surface area is 163 Å². The van der Waals surface area contributed by atoms with E-state index in [-0.39, 0.29) is 29.6 Å². The minimum atomic E-state index is -0.609. The van der Waals surface area contributed by atoms with Crippen LogP contribution in [-0.2, 0) is 4.74 Å². The molecule has 0 fully saturated rings. The van der Waals surface area contributed by atoms with Gasteiger partial charge in [-0.3, -0.25) is 0 Å². The summed E-state index contributed by atoms with van der Waals surface area (Å²) in [5, 5.41) is 0. The van der Waals surface area contributed by atoms with Crippen molar-refractivity contribution in [2.24, 2.45) is 0 Å². The molecule has 23 heavy (non-hydrogen) atoms. The van der Waals surface area contributed by atoms with Gasteiger partial charge in [0, 0.05) is 0 Å². The Hall–Kier alpha value is -0.510. The Kier molecular flexibility index (Phi) is 16.0. The molecule has 0 amide bonds. The molecule has 126 valence electrons. The first-order valence-electron chi connectivity index (χ1n) is 8.72. The summed E-state index contributed by atoms with van der Waals surface area (Å²) in [6.07, 6.45) is 12.1. The van der Waals surface area contributed by atoms with Crippen LogP contribution in [0.4, 0.5) is 4.79 Å². The summed E-state index contributed by atoms with van der Waals surface area (Å²) in [6.45, 7) is 2.69. The normalized spacial score (nSPS) is 9.96. The van der Waals surface area contributed by atoms with Crippen LogP contribution in [0.1, 0.15) is 71.1 Å². The first kappa shape index (κ1) is 22.5. The second-order valence-corrected chi connectivity index (χ2v) is 5.70. The van der Waals surface area contributed by atoms with E-state index in [0.717, 1.165) is 12.8 Å². The van der Waals surface area contributed by atoms with Crippen molar-refractivity contribution in [3.05, 3.63) is 30.3 Å². The van der Waals surface area contributed by atoms with Crippen molar-refractivity contribution in [2.45, 2.75) is 71.1 Å². The van der Waals surface area contributed by atoms with Gasteiger partial charge in [0.2, 0.25) is 0 Å². The molecule has 0 heterocycles. The molecule has 0 atom stereocenters. The van der Waals surface area contributed by atoms with Crippen LogP contribution in [0.5, 0.6) is 5.75 Å². The molecule has 4 heteroatoms. The molecule has 0 N–H and O–H groups in total. The molecule has 0 saturated heterocycles. The van der Waals surface area contributed by atoms with Crippen molar-refractivity contribution in [1.82, 2.24) is 0 Å². The Morgan fingerprint density at radius 3 is 1.91 bits per heavy atom. The second kappa shape index (κ2) is 16.4. The Morgan fingerprint density at radius 1 is 0.826 bits per heavy atom. The van der Waals surface area contributed by atoms with E-state index in [1.165, 1.54) is 51.4 Å². The number of carbonyl (C=O) groups excluding carboxylic acids is 1. The Bertz CT molecular complexity index is 381. The van der Waals surface area contributed by atoms with E-state index in [0.29, 0.717) is 12.4 Å². The van der Waals surface area contributed by atoms with Crippen molar-refractivity contribution in [3.8, 4) is 5.75 Å². The van der Waals surface area contributed by atoms with E-state index in [1.54, 1.807) is 12.1 Å². The third kappa shape index (κ3) is 13.6. The SMILES string of the molecule is CCCCCCCCCCCCOC(=O)Oc1ccccc1.[NaH]. The number of rotatable bonds is 12. The zero-order valence-corrected chi connectivity index (χ0v) is 13.9. The zero-order chi connectivity index (χ0) is 15.9. The van der Waals surface area contributed by atoms with Gasteiger partial charge in [-0.05, 0) is 18.6 Å². The first-order valence-corrected chi connectivity index (χ1v) is 8.72. The van der Waals surface area contributed by atoms with Crippen molar-refractivity contribution < 1.29 is 14.3 Å². The maximum absolute atomic E-state index is 11.4. The molecule has 0 aliphatic carbocycles. The van der Waals surface area contributed by atoms with Crippen LogP contribution in [0.25, 0.3) is 0 Å². The van der Waals surface area contributed by atoms with E-state index < -0.39 is 6.16 Å². The predicted octanol–water partition coefficient (Wildman–Crippen LogP) is 5.47. The number of ether oxygens (including phenoxy) is 2. The monoisotopic (exact) mass is 330 g/mol. The molecule has 0 saturated carbocycles. The van der Waals surface area contributed by atoms with Crippen molar-refractivity contribution in [3.63, 3.8) is 0 Å². The van der Waals surface area contributed by atoms with Gasteiger partial charge in [-0.2, -0.15) is 0 Å². The molecule has 0 aromatic heterocycles. The van der Waals surface area contributed by atoms with Crippen molar-refractivity contribution in [2.75, 3.05) is 6.61 Å². The van der Waals surface area contributed by atoms with Crippen molar-refractivity contribution in [1.29, 1.82) is 0 Å². The molecule has 1 aromatic rings. The third-order valence-corrected chi connectivity index (χ3v) is 3.66. The molecule has 0 unspecified atom stereocenters. The number of carbonyl (C=O) groups is 1. The van der Waals surface area contributed by atoms with Crippen LogP contribution in [0, 0.1) is 0 Å². The summed E-state index contributed by atoms with van der Waals surface area (Å²) >= 11 is 0. The standard InChI is InChI=1S/C19H30O3.Na.H/c1-2-3-4-5-6-7-8-9-10-14-17-21-19(20)22-18-15-12-11-13-16-18;;/h11-13,15-16H,2-10,14,17H2,1H3;;. The summed E-state index contributed by atoms with van der Waals surface area (Å²) < 4.78 is 10.1. The quantitative estimate of drug-likeness (QED) is 0.220. The van der Waals surface area contributed by atoms with Gasteiger partial charge in [0.1, 0.15) is 5.75 Å². The van der Waals surface area contributed by atoms with Gasteiger partial charge < -0.3 is 9.47 Å². The molecular weight excluding hydrogens is 299 g/mol. The number of hydrogen-bond acceptors (Lipinski definition) is 3. The van der Waals surface area contributed by atoms with Gasteiger partial charge in [-0.25, -0.2) is 4.79 Å². The average molecular weight is 330 g/mol. The van der Waals surface area contributed by atoms with Crippen LogP contribution in [0.2, 0.25) is 0 Å². The second-order valence-electron chi connectivity index (χ2n) is 5.70. The van der Waals surface area contributed by atoms with E-state index >= 15 is 0 Å². The van der Waals surface area contributed by atoms with Crippen LogP contribution in [0.3, 0.4) is 0 Å². The molecule has 0 radical (unpaired) electrons. The fraction of sp³-hybridized carbons (Fsp3) is 0.632. The summed E-state index contributed by atoms with van der Waals surface area (Å²) in [6, 6.07) is 9.00. The van der Waals surface area contributed by atoms with Crippen LogP contribution in [0.15, 0.2) is 30.3 Å². The van der Waals surface area contributed by atoms with Gasteiger partial charge in [0.05, 0.1) is 6.61 Å². The molecule has 1 rings (SSSR count). The minimum absolute atomic E-state index is 0.